The quantitative estimate of drug-likeness (QED) is 0.690. The van der Waals surface area contributed by atoms with Crippen LogP contribution in [0.3, 0.4) is 0 Å². The van der Waals surface area contributed by atoms with E-state index >= 15 is 0 Å². The molecule has 0 atom stereocenters. The van der Waals surface area contributed by atoms with Crippen LogP contribution in [0.4, 0.5) is 0 Å². The number of methoxy groups -OCH3 is 1. The van der Waals surface area contributed by atoms with Gasteiger partial charge in [0.1, 0.15) is 12.4 Å². The van der Waals surface area contributed by atoms with Crippen molar-refractivity contribution < 1.29 is 9.84 Å². The maximum Gasteiger partial charge on any atom is 0.118 e. The monoisotopic (exact) mass is 284 g/mol. The number of ether oxygens (including phenoxy) is 1. The molecule has 2 aromatic rings. The number of hydrogen-bond acceptors (Lipinski definition) is 3. The van der Waals surface area contributed by atoms with Gasteiger partial charge < -0.3 is 9.84 Å². The van der Waals surface area contributed by atoms with Gasteiger partial charge in [-0.1, -0.05) is 30.0 Å². The van der Waals surface area contributed by atoms with Crippen LogP contribution in [0.1, 0.15) is 11.1 Å². The lowest BCUT2D eigenvalue weighted by Gasteiger charge is -2.05. The third-order valence-corrected chi connectivity index (χ3v) is 3.83. The van der Waals surface area contributed by atoms with Crippen LogP contribution in [0.5, 0.6) is 5.75 Å². The first-order chi connectivity index (χ1) is 9.83. The van der Waals surface area contributed by atoms with Crippen molar-refractivity contribution in [1.82, 2.24) is 0 Å². The maximum absolute atomic E-state index is 8.79. The van der Waals surface area contributed by atoms with Crippen molar-refractivity contribution in [2.24, 2.45) is 0 Å². The van der Waals surface area contributed by atoms with Crippen molar-refractivity contribution in [1.29, 1.82) is 0 Å². The third-order valence-electron chi connectivity index (χ3n) is 2.77. The topological polar surface area (TPSA) is 29.5 Å². The molecule has 0 aliphatic carbocycles. The van der Waals surface area contributed by atoms with Crippen molar-refractivity contribution in [3.05, 3.63) is 59.7 Å². The molecule has 0 aromatic heterocycles. The second-order valence-corrected chi connectivity index (χ2v) is 5.13. The lowest BCUT2D eigenvalue weighted by atomic mass is 10.1. The smallest absolute Gasteiger partial charge is 0.118 e. The van der Waals surface area contributed by atoms with Gasteiger partial charge in [-0.3, -0.25) is 0 Å². The summed E-state index contributed by atoms with van der Waals surface area (Å²) in [4.78, 5) is 1.19. The summed E-state index contributed by atoms with van der Waals surface area (Å²) in [5, 5.41) is 8.79. The average molecular weight is 284 g/mol. The zero-order chi connectivity index (χ0) is 14.2. The molecule has 0 bridgehead atoms. The number of benzene rings is 2. The van der Waals surface area contributed by atoms with E-state index in [9.17, 15) is 0 Å². The highest BCUT2D eigenvalue weighted by Crippen LogP contribution is 2.25. The lowest BCUT2D eigenvalue weighted by Crippen LogP contribution is -1.88. The Morgan fingerprint density at radius 2 is 1.85 bits per heavy atom. The predicted octanol–water partition coefficient (Wildman–Crippen LogP) is 3.33. The molecule has 0 saturated heterocycles. The highest BCUT2D eigenvalue weighted by molar-refractivity contribution is 7.98. The first-order valence-electron chi connectivity index (χ1n) is 6.28. The standard InChI is InChI=1S/C17H16O2S/c1-19-16-8-10-17(11-9-16)20-13-15-6-3-2-5-14(15)7-4-12-18/h2-3,5-6,8-11,18H,12-13H2,1H3. The highest BCUT2D eigenvalue weighted by Gasteiger charge is 2.01. The second-order valence-electron chi connectivity index (χ2n) is 4.08. The molecule has 0 radical (unpaired) electrons. The van der Waals surface area contributed by atoms with Gasteiger partial charge in [0.15, 0.2) is 0 Å². The van der Waals surface area contributed by atoms with E-state index in [1.807, 2.05) is 42.5 Å². The van der Waals surface area contributed by atoms with Gasteiger partial charge in [0.2, 0.25) is 0 Å². The average Bonchev–Trinajstić information content (AvgIpc) is 2.52. The Kier molecular flexibility index (Phi) is 5.55. The summed E-state index contributed by atoms with van der Waals surface area (Å²) in [6.07, 6.45) is 0. The Labute approximate surface area is 123 Å². The summed E-state index contributed by atoms with van der Waals surface area (Å²) < 4.78 is 5.14. The van der Waals surface area contributed by atoms with E-state index in [-0.39, 0.29) is 6.61 Å². The SMILES string of the molecule is COc1ccc(SCc2ccccc2C#CCO)cc1. The van der Waals surface area contributed by atoms with Crippen LogP contribution < -0.4 is 4.74 Å². The van der Waals surface area contributed by atoms with Gasteiger partial charge in [0, 0.05) is 16.2 Å². The predicted molar refractivity (Wildman–Crippen MR) is 83.0 cm³/mol. The zero-order valence-corrected chi connectivity index (χ0v) is 12.1. The molecule has 0 aliphatic rings. The summed E-state index contributed by atoms with van der Waals surface area (Å²) >= 11 is 1.75. The largest absolute Gasteiger partial charge is 0.497 e. The van der Waals surface area contributed by atoms with Crippen LogP contribution in [-0.2, 0) is 5.75 Å². The van der Waals surface area contributed by atoms with Gasteiger partial charge in [0.25, 0.3) is 0 Å². The minimum absolute atomic E-state index is 0.111. The molecule has 2 nitrogen and oxygen atoms in total. The summed E-state index contributed by atoms with van der Waals surface area (Å²) in [5.41, 5.74) is 2.15. The Morgan fingerprint density at radius 3 is 2.55 bits per heavy atom. The fourth-order valence-corrected chi connectivity index (χ4v) is 2.64. The summed E-state index contributed by atoms with van der Waals surface area (Å²) in [5.74, 6) is 7.40. The molecule has 2 rings (SSSR count). The number of rotatable bonds is 4. The van der Waals surface area contributed by atoms with Gasteiger partial charge in [-0.2, -0.15) is 0 Å². The second kappa shape index (κ2) is 7.64. The van der Waals surface area contributed by atoms with E-state index < -0.39 is 0 Å². The Bertz CT molecular complexity index is 609. The van der Waals surface area contributed by atoms with E-state index in [2.05, 4.69) is 17.9 Å². The molecular formula is C17H16O2S. The molecule has 0 fully saturated rings. The fourth-order valence-electron chi connectivity index (χ4n) is 1.74. The van der Waals surface area contributed by atoms with Crippen molar-refractivity contribution in [3.8, 4) is 17.6 Å². The van der Waals surface area contributed by atoms with Crippen molar-refractivity contribution in [3.63, 3.8) is 0 Å². The van der Waals surface area contributed by atoms with Crippen molar-refractivity contribution in [2.45, 2.75) is 10.6 Å². The molecule has 0 aliphatic heterocycles. The van der Waals surface area contributed by atoms with Gasteiger partial charge in [-0.25, -0.2) is 0 Å². The van der Waals surface area contributed by atoms with E-state index in [1.165, 1.54) is 10.5 Å². The Morgan fingerprint density at radius 1 is 1.10 bits per heavy atom. The third kappa shape index (κ3) is 4.06. The van der Waals surface area contributed by atoms with E-state index in [1.54, 1.807) is 18.9 Å². The molecule has 1 N–H and O–H groups in total. The summed E-state index contributed by atoms with van der Waals surface area (Å²) in [7, 11) is 1.66. The van der Waals surface area contributed by atoms with Crippen LogP contribution in [0, 0.1) is 11.8 Å². The molecule has 0 saturated carbocycles. The van der Waals surface area contributed by atoms with Gasteiger partial charge in [-0.05, 0) is 35.9 Å². The van der Waals surface area contributed by atoms with Gasteiger partial charge in [0.05, 0.1) is 7.11 Å². The molecular weight excluding hydrogens is 268 g/mol. The van der Waals surface area contributed by atoms with E-state index in [4.69, 9.17) is 9.84 Å². The van der Waals surface area contributed by atoms with Crippen molar-refractivity contribution >= 4 is 11.8 Å². The van der Waals surface area contributed by atoms with Crippen LogP contribution in [0.25, 0.3) is 0 Å². The molecule has 102 valence electrons. The lowest BCUT2D eigenvalue weighted by molar-refractivity contribution is 0.350. The fraction of sp³-hybridized carbons (Fsp3) is 0.176. The number of thioether (sulfide) groups is 1. The van der Waals surface area contributed by atoms with Crippen LogP contribution in [0.2, 0.25) is 0 Å². The molecule has 0 spiro atoms. The van der Waals surface area contributed by atoms with E-state index in [0.29, 0.717) is 0 Å². The normalized spacial score (nSPS) is 9.70. The number of aliphatic hydroxyl groups excluding tert-OH is 1. The number of hydrogen-bond donors (Lipinski definition) is 1. The Balaban J connectivity index is 2.06. The van der Waals surface area contributed by atoms with Gasteiger partial charge >= 0.3 is 0 Å². The minimum Gasteiger partial charge on any atom is -0.497 e. The highest BCUT2D eigenvalue weighted by atomic mass is 32.2. The molecule has 3 heteroatoms. The number of aliphatic hydroxyl groups is 1. The minimum atomic E-state index is -0.111. The molecule has 20 heavy (non-hydrogen) atoms. The van der Waals surface area contributed by atoms with Crippen LogP contribution in [0.15, 0.2) is 53.4 Å². The van der Waals surface area contributed by atoms with Crippen LogP contribution in [-0.4, -0.2) is 18.8 Å². The molecule has 0 unspecified atom stereocenters. The van der Waals surface area contributed by atoms with Gasteiger partial charge in [-0.15, -0.1) is 11.8 Å². The van der Waals surface area contributed by atoms with E-state index in [0.717, 1.165) is 17.1 Å². The molecule has 2 aromatic carbocycles. The zero-order valence-electron chi connectivity index (χ0n) is 11.3. The van der Waals surface area contributed by atoms with Crippen LogP contribution >= 0.6 is 11.8 Å². The first-order valence-corrected chi connectivity index (χ1v) is 7.26. The molecule has 0 amide bonds. The molecule has 0 heterocycles. The Hall–Kier alpha value is -1.89. The summed E-state index contributed by atoms with van der Waals surface area (Å²) in [6.45, 7) is -0.111. The van der Waals surface area contributed by atoms with Crippen molar-refractivity contribution in [2.75, 3.05) is 13.7 Å². The summed E-state index contributed by atoms with van der Waals surface area (Å²) in [6, 6.07) is 16.0. The first kappa shape index (κ1) is 14.5. The maximum atomic E-state index is 8.79.